The van der Waals surface area contributed by atoms with Gasteiger partial charge in [-0.15, -0.1) is 13.2 Å². The van der Waals surface area contributed by atoms with E-state index in [-0.39, 0.29) is 0 Å². The van der Waals surface area contributed by atoms with Crippen LogP contribution in [0, 0.1) is 0 Å². The topological polar surface area (TPSA) is 57.7 Å². The molecule has 0 aromatic carbocycles. The van der Waals surface area contributed by atoms with E-state index in [0.29, 0.717) is 6.07 Å². The summed E-state index contributed by atoms with van der Waals surface area (Å²) in [4.78, 5) is 14.3. The Kier molecular flexibility index (Phi) is 5.09. The van der Waals surface area contributed by atoms with Crippen LogP contribution in [-0.4, -0.2) is 31.5 Å². The van der Waals surface area contributed by atoms with Gasteiger partial charge in [0.15, 0.2) is 0 Å². The molecule has 0 atom stereocenters. The van der Waals surface area contributed by atoms with Gasteiger partial charge in [-0.25, -0.2) is 0 Å². The molecule has 0 aliphatic heterocycles. The van der Waals surface area contributed by atoms with Gasteiger partial charge >= 0.3 is 18.5 Å². The fourth-order valence-electron chi connectivity index (χ4n) is 1.46. The Bertz CT molecular complexity index is 555. The molecule has 0 radical (unpaired) electrons. The molecular formula is C11H9F6NO4. The minimum atomic E-state index is -5.30. The van der Waals surface area contributed by atoms with Gasteiger partial charge in [-0.3, -0.25) is 4.79 Å². The van der Waals surface area contributed by atoms with E-state index >= 15 is 0 Å². The zero-order valence-electron chi connectivity index (χ0n) is 11.1. The molecule has 0 amide bonds. The first kappa shape index (κ1) is 17.9. The van der Waals surface area contributed by atoms with Crippen molar-refractivity contribution in [3.63, 3.8) is 0 Å². The monoisotopic (exact) mass is 333 g/mol. The predicted molar refractivity (Wildman–Crippen MR) is 58.2 cm³/mol. The van der Waals surface area contributed by atoms with Crippen molar-refractivity contribution in [3.8, 4) is 11.8 Å². The van der Waals surface area contributed by atoms with E-state index in [0.717, 1.165) is 14.2 Å². The van der Waals surface area contributed by atoms with Crippen LogP contribution in [0.2, 0.25) is 0 Å². The molecule has 0 saturated heterocycles. The maximum Gasteiger partial charge on any atom is 0.574 e. The third-order valence-electron chi connectivity index (χ3n) is 2.34. The van der Waals surface area contributed by atoms with Crippen molar-refractivity contribution in [2.45, 2.75) is 19.0 Å². The van der Waals surface area contributed by atoms with Crippen LogP contribution in [0.25, 0.3) is 0 Å². The lowest BCUT2D eigenvalue weighted by Crippen LogP contribution is -2.22. The van der Waals surface area contributed by atoms with Crippen LogP contribution >= 0.6 is 0 Å². The second-order valence-corrected chi connectivity index (χ2v) is 3.79. The second-order valence-electron chi connectivity index (χ2n) is 3.79. The maximum absolute atomic E-state index is 13.0. The zero-order valence-corrected chi connectivity index (χ0v) is 11.1. The lowest BCUT2D eigenvalue weighted by molar-refractivity contribution is -0.276. The zero-order chi connectivity index (χ0) is 17.1. The summed E-state index contributed by atoms with van der Waals surface area (Å²) in [5.74, 6) is -3.37. The number of ether oxygens (including phenoxy) is 3. The number of hydrogen-bond acceptors (Lipinski definition) is 5. The van der Waals surface area contributed by atoms with Gasteiger partial charge in [-0.1, -0.05) is 0 Å². The van der Waals surface area contributed by atoms with Crippen LogP contribution in [0.4, 0.5) is 26.3 Å². The first-order valence-corrected chi connectivity index (χ1v) is 5.45. The van der Waals surface area contributed by atoms with Crippen molar-refractivity contribution in [2.75, 3.05) is 14.2 Å². The number of methoxy groups -OCH3 is 2. The molecule has 124 valence electrons. The average Bonchev–Trinajstić information content (AvgIpc) is 2.37. The SMILES string of the molecule is COC(=O)Cc1c(C(F)(F)F)cc(OC)nc1OC(F)(F)F. The number of rotatable bonds is 4. The van der Waals surface area contributed by atoms with Crippen LogP contribution in [0.5, 0.6) is 11.8 Å². The lowest BCUT2D eigenvalue weighted by Gasteiger charge is -2.18. The molecule has 22 heavy (non-hydrogen) atoms. The maximum atomic E-state index is 13.0. The van der Waals surface area contributed by atoms with Crippen LogP contribution in [-0.2, 0) is 22.1 Å². The number of nitrogens with zero attached hydrogens (tertiary/aromatic N) is 1. The molecule has 0 bridgehead atoms. The minimum absolute atomic E-state index is 0.363. The molecule has 0 unspecified atom stereocenters. The van der Waals surface area contributed by atoms with Gasteiger partial charge in [0, 0.05) is 11.6 Å². The van der Waals surface area contributed by atoms with E-state index in [1.807, 2.05) is 0 Å². The fourth-order valence-corrected chi connectivity index (χ4v) is 1.46. The van der Waals surface area contributed by atoms with Crippen LogP contribution in [0.3, 0.4) is 0 Å². The largest absolute Gasteiger partial charge is 0.574 e. The van der Waals surface area contributed by atoms with Crippen LogP contribution in [0.1, 0.15) is 11.1 Å². The molecule has 0 N–H and O–H groups in total. The third-order valence-corrected chi connectivity index (χ3v) is 2.34. The average molecular weight is 333 g/mol. The smallest absolute Gasteiger partial charge is 0.481 e. The molecule has 0 aliphatic rings. The molecule has 1 aromatic heterocycles. The summed E-state index contributed by atoms with van der Waals surface area (Å²) >= 11 is 0. The Morgan fingerprint density at radius 1 is 1.18 bits per heavy atom. The molecule has 1 heterocycles. The second kappa shape index (κ2) is 6.28. The van der Waals surface area contributed by atoms with Gasteiger partial charge in [-0.2, -0.15) is 18.2 Å². The van der Waals surface area contributed by atoms with E-state index in [2.05, 4.69) is 19.2 Å². The van der Waals surface area contributed by atoms with Gasteiger partial charge in [0.05, 0.1) is 26.2 Å². The number of pyridine rings is 1. The van der Waals surface area contributed by atoms with Gasteiger partial charge in [-0.05, 0) is 0 Å². The van der Waals surface area contributed by atoms with Crippen molar-refractivity contribution in [1.29, 1.82) is 0 Å². The fraction of sp³-hybridized carbons (Fsp3) is 0.455. The van der Waals surface area contributed by atoms with E-state index in [9.17, 15) is 31.1 Å². The Hall–Kier alpha value is -2.20. The van der Waals surface area contributed by atoms with Crippen LogP contribution < -0.4 is 9.47 Å². The van der Waals surface area contributed by atoms with E-state index in [1.54, 1.807) is 0 Å². The van der Waals surface area contributed by atoms with Crippen molar-refractivity contribution in [3.05, 3.63) is 17.2 Å². The van der Waals surface area contributed by atoms with Crippen molar-refractivity contribution >= 4 is 5.97 Å². The first-order chi connectivity index (χ1) is 9.97. The van der Waals surface area contributed by atoms with Gasteiger partial charge in [0.2, 0.25) is 11.8 Å². The van der Waals surface area contributed by atoms with Gasteiger partial charge < -0.3 is 14.2 Å². The number of hydrogen-bond donors (Lipinski definition) is 0. The summed E-state index contributed by atoms with van der Waals surface area (Å²) in [7, 11) is 1.79. The highest BCUT2D eigenvalue weighted by molar-refractivity contribution is 5.74. The highest BCUT2D eigenvalue weighted by Gasteiger charge is 2.40. The van der Waals surface area contributed by atoms with E-state index in [4.69, 9.17) is 0 Å². The molecule has 1 aromatic rings. The van der Waals surface area contributed by atoms with Crippen molar-refractivity contribution in [2.24, 2.45) is 0 Å². The summed E-state index contributed by atoms with van der Waals surface area (Å²) in [6.45, 7) is 0. The van der Waals surface area contributed by atoms with Gasteiger partial charge in [0.25, 0.3) is 0 Å². The van der Waals surface area contributed by atoms with Crippen molar-refractivity contribution < 1.29 is 45.3 Å². The number of halogens is 6. The standard InChI is InChI=1S/C11H9F6NO4/c1-20-7-4-6(10(12,13)14)5(3-8(19)21-2)9(18-7)22-11(15,16)17/h4H,3H2,1-2H3. The quantitative estimate of drug-likeness (QED) is 0.626. The molecule has 0 fully saturated rings. The Morgan fingerprint density at radius 2 is 1.77 bits per heavy atom. The summed E-state index contributed by atoms with van der Waals surface area (Å²) < 4.78 is 87.8. The molecular weight excluding hydrogens is 324 g/mol. The molecule has 5 nitrogen and oxygen atoms in total. The van der Waals surface area contributed by atoms with Gasteiger partial charge in [0.1, 0.15) is 0 Å². The lowest BCUT2D eigenvalue weighted by atomic mass is 10.1. The number of carbonyl (C=O) groups excluding carboxylic acids is 1. The third kappa shape index (κ3) is 4.67. The first-order valence-electron chi connectivity index (χ1n) is 5.45. The molecule has 0 saturated carbocycles. The summed E-state index contributed by atoms with van der Waals surface area (Å²) in [6.07, 6.45) is -11.5. The molecule has 1 rings (SSSR count). The number of aromatic nitrogens is 1. The highest BCUT2D eigenvalue weighted by atomic mass is 19.4. The van der Waals surface area contributed by atoms with Crippen molar-refractivity contribution in [1.82, 2.24) is 4.98 Å². The summed E-state index contributed by atoms with van der Waals surface area (Å²) in [6, 6.07) is 0.363. The summed E-state index contributed by atoms with van der Waals surface area (Å²) in [5, 5.41) is 0. The Labute approximate surface area is 119 Å². The Morgan fingerprint density at radius 3 is 2.18 bits per heavy atom. The number of alkyl halides is 6. The predicted octanol–water partition coefficient (Wildman–Crippen LogP) is 2.72. The van der Waals surface area contributed by atoms with E-state index < -0.39 is 47.8 Å². The van der Waals surface area contributed by atoms with Crippen LogP contribution in [0.15, 0.2) is 6.07 Å². The number of esters is 1. The number of carbonyl (C=O) groups is 1. The highest BCUT2D eigenvalue weighted by Crippen LogP contribution is 2.39. The Balaban J connectivity index is 3.52. The van der Waals surface area contributed by atoms with E-state index in [1.165, 1.54) is 0 Å². The summed E-state index contributed by atoms with van der Waals surface area (Å²) in [5.41, 5.74) is -2.64. The molecule has 0 aliphatic carbocycles. The minimum Gasteiger partial charge on any atom is -0.481 e. The normalized spacial score (nSPS) is 12.0. The molecule has 0 spiro atoms. The molecule has 11 heteroatoms.